The zero-order valence-electron chi connectivity index (χ0n) is 14.8. The molecule has 2 amide bonds. The number of aryl methyl sites for hydroxylation is 2. The molecule has 0 saturated carbocycles. The lowest BCUT2D eigenvalue weighted by Gasteiger charge is -2.27. The minimum Gasteiger partial charge on any atom is -0.341 e. The van der Waals surface area contributed by atoms with Gasteiger partial charge in [0.05, 0.1) is 16.7 Å². The lowest BCUT2D eigenvalue weighted by molar-refractivity contribution is -0.133. The molecule has 0 spiro atoms. The van der Waals surface area contributed by atoms with E-state index in [1.807, 2.05) is 42.3 Å². The van der Waals surface area contributed by atoms with Crippen molar-refractivity contribution in [1.29, 1.82) is 0 Å². The Morgan fingerprint density at radius 2 is 2.16 bits per heavy atom. The molecule has 25 heavy (non-hydrogen) atoms. The number of likely N-dealkylation sites (tertiary alicyclic amines) is 1. The summed E-state index contributed by atoms with van der Waals surface area (Å²) in [5.74, 6) is -0.265. The van der Waals surface area contributed by atoms with Crippen LogP contribution in [0, 0.1) is 13.8 Å². The predicted molar refractivity (Wildman–Crippen MR) is 98.6 cm³/mol. The number of thiazole rings is 1. The molecule has 0 radical (unpaired) electrons. The molecule has 6 heteroatoms. The van der Waals surface area contributed by atoms with Gasteiger partial charge in [-0.3, -0.25) is 9.59 Å². The largest absolute Gasteiger partial charge is 0.341 e. The van der Waals surface area contributed by atoms with Crippen LogP contribution in [0.5, 0.6) is 0 Å². The minimum atomic E-state index is -0.562. The number of benzene rings is 1. The fraction of sp³-hybridized carbons (Fsp3) is 0.421. The first-order valence-corrected chi connectivity index (χ1v) is 9.43. The van der Waals surface area contributed by atoms with Crippen molar-refractivity contribution in [3.63, 3.8) is 0 Å². The standard InChI is InChI=1S/C19H23N3O2S/c1-12-6-4-7-15(10-12)18(23)20-13(2)19(24)22-9-5-8-17(22)16-11-25-14(3)21-16/h4,6-7,10-11,13,17H,5,8-9H2,1-3H3,(H,20,23). The Morgan fingerprint density at radius 3 is 2.84 bits per heavy atom. The van der Waals surface area contributed by atoms with Gasteiger partial charge in [-0.1, -0.05) is 17.7 Å². The molecule has 3 rings (SSSR count). The molecule has 1 N–H and O–H groups in total. The average Bonchev–Trinajstić information content (AvgIpc) is 3.22. The summed E-state index contributed by atoms with van der Waals surface area (Å²) in [5, 5.41) is 5.87. The van der Waals surface area contributed by atoms with Crippen LogP contribution in [0.3, 0.4) is 0 Å². The lowest BCUT2D eigenvalue weighted by Crippen LogP contribution is -2.46. The van der Waals surface area contributed by atoms with Crippen molar-refractivity contribution in [1.82, 2.24) is 15.2 Å². The summed E-state index contributed by atoms with van der Waals surface area (Å²) in [4.78, 5) is 31.6. The van der Waals surface area contributed by atoms with E-state index in [4.69, 9.17) is 0 Å². The van der Waals surface area contributed by atoms with Crippen LogP contribution in [0.2, 0.25) is 0 Å². The number of nitrogens with one attached hydrogen (secondary N) is 1. The van der Waals surface area contributed by atoms with Gasteiger partial charge in [-0.15, -0.1) is 11.3 Å². The zero-order valence-corrected chi connectivity index (χ0v) is 15.6. The third kappa shape index (κ3) is 3.90. The summed E-state index contributed by atoms with van der Waals surface area (Å²) >= 11 is 1.60. The van der Waals surface area contributed by atoms with E-state index in [0.29, 0.717) is 12.1 Å². The van der Waals surface area contributed by atoms with Crippen molar-refractivity contribution < 1.29 is 9.59 Å². The van der Waals surface area contributed by atoms with Gasteiger partial charge >= 0.3 is 0 Å². The van der Waals surface area contributed by atoms with Gasteiger partial charge in [-0.05, 0) is 45.7 Å². The molecular weight excluding hydrogens is 334 g/mol. The van der Waals surface area contributed by atoms with E-state index < -0.39 is 6.04 Å². The minimum absolute atomic E-state index is 0.0239. The topological polar surface area (TPSA) is 62.3 Å². The Kier molecular flexibility index (Phi) is 5.18. The average molecular weight is 357 g/mol. The third-order valence-electron chi connectivity index (χ3n) is 4.51. The fourth-order valence-corrected chi connectivity index (χ4v) is 3.91. The molecule has 1 fully saturated rings. The van der Waals surface area contributed by atoms with E-state index in [-0.39, 0.29) is 17.9 Å². The number of carbonyl (C=O) groups excluding carboxylic acids is 2. The molecule has 0 aliphatic carbocycles. The number of amides is 2. The number of hydrogen-bond acceptors (Lipinski definition) is 4. The molecule has 2 unspecified atom stereocenters. The normalized spacial score (nSPS) is 18.2. The van der Waals surface area contributed by atoms with Crippen molar-refractivity contribution in [2.24, 2.45) is 0 Å². The predicted octanol–water partition coefficient (Wildman–Crippen LogP) is 3.24. The van der Waals surface area contributed by atoms with Crippen molar-refractivity contribution in [2.75, 3.05) is 6.54 Å². The molecule has 5 nitrogen and oxygen atoms in total. The van der Waals surface area contributed by atoms with E-state index in [0.717, 1.165) is 29.1 Å². The highest BCUT2D eigenvalue weighted by Crippen LogP contribution is 2.32. The SMILES string of the molecule is Cc1cccc(C(=O)NC(C)C(=O)N2CCCC2c2csc(C)n2)c1. The molecule has 1 aliphatic heterocycles. The van der Waals surface area contributed by atoms with Gasteiger partial charge in [-0.2, -0.15) is 0 Å². The summed E-state index contributed by atoms with van der Waals surface area (Å²) in [6.45, 7) is 6.37. The lowest BCUT2D eigenvalue weighted by atomic mass is 10.1. The third-order valence-corrected chi connectivity index (χ3v) is 5.30. The molecule has 2 heterocycles. The first-order valence-electron chi connectivity index (χ1n) is 8.55. The quantitative estimate of drug-likeness (QED) is 0.914. The number of rotatable bonds is 4. The van der Waals surface area contributed by atoms with Crippen molar-refractivity contribution in [3.8, 4) is 0 Å². The molecule has 132 valence electrons. The summed E-state index contributed by atoms with van der Waals surface area (Å²) in [6.07, 6.45) is 1.89. The highest BCUT2D eigenvalue weighted by molar-refractivity contribution is 7.09. The van der Waals surface area contributed by atoms with Gasteiger partial charge in [-0.25, -0.2) is 4.98 Å². The zero-order chi connectivity index (χ0) is 18.0. The van der Waals surface area contributed by atoms with Gasteiger partial charge < -0.3 is 10.2 Å². The number of aromatic nitrogens is 1. The molecule has 2 aromatic rings. The van der Waals surface area contributed by atoms with Crippen LogP contribution in [-0.4, -0.2) is 34.3 Å². The number of hydrogen-bond donors (Lipinski definition) is 1. The Labute approximate surface area is 152 Å². The maximum absolute atomic E-state index is 12.9. The van der Waals surface area contributed by atoms with E-state index >= 15 is 0 Å². The van der Waals surface area contributed by atoms with Gasteiger partial charge in [0, 0.05) is 17.5 Å². The maximum Gasteiger partial charge on any atom is 0.251 e. The summed E-state index contributed by atoms with van der Waals surface area (Å²) < 4.78 is 0. The van der Waals surface area contributed by atoms with Crippen molar-refractivity contribution in [3.05, 3.63) is 51.5 Å². The Balaban J connectivity index is 1.68. The van der Waals surface area contributed by atoms with Crippen LogP contribution in [0.25, 0.3) is 0 Å². The second kappa shape index (κ2) is 7.35. The second-order valence-electron chi connectivity index (χ2n) is 6.55. The highest BCUT2D eigenvalue weighted by Gasteiger charge is 2.34. The monoisotopic (exact) mass is 357 g/mol. The second-order valence-corrected chi connectivity index (χ2v) is 7.61. The van der Waals surface area contributed by atoms with Crippen LogP contribution in [0.1, 0.15) is 52.4 Å². The molecule has 1 aliphatic rings. The molecule has 1 saturated heterocycles. The molecule has 1 aromatic heterocycles. The molecule has 1 aromatic carbocycles. The van der Waals surface area contributed by atoms with Gasteiger partial charge in [0.2, 0.25) is 5.91 Å². The molecule has 2 atom stereocenters. The van der Waals surface area contributed by atoms with Crippen LogP contribution < -0.4 is 5.32 Å². The summed E-state index contributed by atoms with van der Waals surface area (Å²) in [5.41, 5.74) is 2.56. The first kappa shape index (κ1) is 17.6. The maximum atomic E-state index is 12.9. The Hall–Kier alpha value is -2.21. The van der Waals surface area contributed by atoms with Crippen molar-refractivity contribution >= 4 is 23.2 Å². The Morgan fingerprint density at radius 1 is 1.36 bits per heavy atom. The van der Waals surface area contributed by atoms with E-state index in [9.17, 15) is 9.59 Å². The molecular formula is C19H23N3O2S. The van der Waals surface area contributed by atoms with Crippen LogP contribution in [0.15, 0.2) is 29.6 Å². The van der Waals surface area contributed by atoms with E-state index in [2.05, 4.69) is 10.3 Å². The Bertz CT molecular complexity index is 786. The summed E-state index contributed by atoms with van der Waals surface area (Å²) in [6, 6.07) is 6.83. The first-order chi connectivity index (χ1) is 12.0. The fourth-order valence-electron chi connectivity index (χ4n) is 3.25. The van der Waals surface area contributed by atoms with Crippen LogP contribution in [-0.2, 0) is 4.79 Å². The number of nitrogens with zero attached hydrogens (tertiary/aromatic N) is 2. The number of carbonyl (C=O) groups is 2. The smallest absolute Gasteiger partial charge is 0.251 e. The molecule has 0 bridgehead atoms. The highest BCUT2D eigenvalue weighted by atomic mass is 32.1. The van der Waals surface area contributed by atoms with Crippen molar-refractivity contribution in [2.45, 2.75) is 45.7 Å². The van der Waals surface area contributed by atoms with E-state index in [1.165, 1.54) is 0 Å². The van der Waals surface area contributed by atoms with Crippen LogP contribution >= 0.6 is 11.3 Å². The van der Waals surface area contributed by atoms with Crippen LogP contribution in [0.4, 0.5) is 0 Å². The van der Waals surface area contributed by atoms with E-state index in [1.54, 1.807) is 24.3 Å². The van der Waals surface area contributed by atoms with Gasteiger partial charge in [0.15, 0.2) is 0 Å². The van der Waals surface area contributed by atoms with Gasteiger partial charge in [0.1, 0.15) is 6.04 Å². The van der Waals surface area contributed by atoms with Gasteiger partial charge in [0.25, 0.3) is 5.91 Å². The summed E-state index contributed by atoms with van der Waals surface area (Å²) in [7, 11) is 0.